The maximum Gasteiger partial charge on any atom is 1.00 e. The molecule has 0 saturated carbocycles. The van der Waals surface area contributed by atoms with Crippen LogP contribution in [-0.4, -0.2) is 24.0 Å². The molecule has 140 valence electrons. The van der Waals surface area contributed by atoms with Crippen molar-refractivity contribution in [3.8, 4) is 0 Å². The quantitative estimate of drug-likeness (QED) is 0.135. The van der Waals surface area contributed by atoms with Gasteiger partial charge in [-0.1, -0.05) is 79.9 Å². The van der Waals surface area contributed by atoms with Crippen LogP contribution in [0.2, 0.25) is 0 Å². The molecule has 0 N–H and O–H groups in total. The molecular weight excluding hydrogens is 432 g/mol. The molecule has 0 heterocycles. The Morgan fingerprint density at radius 2 is 0.889 bits per heavy atom. The monoisotopic (exact) mass is 461 g/mol. The molecule has 0 aliphatic rings. The predicted octanol–water partition coefficient (Wildman–Crippen LogP) is -11.0. The topological polar surface area (TPSA) is 130 Å². The van der Waals surface area contributed by atoms with Crippen LogP contribution in [-0.2, 0) is 9.13 Å². The van der Waals surface area contributed by atoms with E-state index >= 15 is 0 Å². The van der Waals surface area contributed by atoms with E-state index in [0.29, 0.717) is 6.42 Å². The minimum atomic E-state index is -4.86. The van der Waals surface area contributed by atoms with E-state index in [2.05, 4.69) is 6.92 Å². The molecule has 0 spiro atoms. The maximum atomic E-state index is 10.7. The van der Waals surface area contributed by atoms with Crippen molar-refractivity contribution in [2.45, 2.75) is 71.1 Å². The number of rotatable bonds is 15. The zero-order valence-electron chi connectivity index (χ0n) is 18.0. The van der Waals surface area contributed by atoms with Crippen molar-refractivity contribution < 1.29 is 147 Å². The summed E-state index contributed by atoms with van der Waals surface area (Å²) in [5, 5.41) is 0. The Balaban J connectivity index is -0.000000403. The molecule has 0 rings (SSSR count). The second-order valence-corrected chi connectivity index (χ2v) is 9.09. The zero-order chi connectivity index (χ0) is 17.8. The fourth-order valence-electron chi connectivity index (χ4n) is 2.50. The Hall–Kier alpha value is 4.26. The average Bonchev–Trinajstić information content (AvgIpc) is 2.37. The normalized spacial score (nSPS) is 11.0. The van der Waals surface area contributed by atoms with Crippen LogP contribution in [0.5, 0.6) is 0 Å². The van der Waals surface area contributed by atoms with Crippen molar-refractivity contribution in [1.29, 1.82) is 0 Å². The minimum Gasteiger partial charge on any atom is -0.810 e. The van der Waals surface area contributed by atoms with Crippen molar-refractivity contribution in [3.63, 3.8) is 0 Å². The fraction of sp³-hybridized carbons (Fsp3) is 1.00. The first-order valence-corrected chi connectivity index (χ1v) is 11.8. The van der Waals surface area contributed by atoms with Gasteiger partial charge in [-0.15, -0.1) is 0 Å². The van der Waals surface area contributed by atoms with Crippen molar-refractivity contribution in [3.05, 3.63) is 0 Å². The van der Waals surface area contributed by atoms with Gasteiger partial charge in [0.2, 0.25) is 0 Å². The Morgan fingerprint density at radius 3 is 1.19 bits per heavy atom. The van der Waals surface area contributed by atoms with E-state index in [1.54, 1.807) is 0 Å². The van der Waals surface area contributed by atoms with Crippen molar-refractivity contribution in [2.24, 2.45) is 0 Å². The SMILES string of the molecule is CCCCCCCCCCCCN(CP(=O)([O-])[O-])CP(=O)([O-])[O-].[Na+].[Na+].[Na+].[Na+]. The summed E-state index contributed by atoms with van der Waals surface area (Å²) >= 11 is 0. The summed E-state index contributed by atoms with van der Waals surface area (Å²) in [4.78, 5) is 43.9. The molecule has 0 fully saturated rings. The molecule has 0 aliphatic heterocycles. The van der Waals surface area contributed by atoms with Crippen LogP contribution in [0.1, 0.15) is 71.1 Å². The van der Waals surface area contributed by atoms with E-state index in [1.807, 2.05) is 0 Å². The Labute approximate surface area is 253 Å². The van der Waals surface area contributed by atoms with Gasteiger partial charge in [-0.3, -0.25) is 4.90 Å². The Kier molecular flexibility index (Phi) is 38.3. The second kappa shape index (κ2) is 24.9. The number of unbranched alkanes of at least 4 members (excludes halogenated alkanes) is 9. The number of hydrogen-bond donors (Lipinski definition) is 0. The summed E-state index contributed by atoms with van der Waals surface area (Å²) in [7, 11) is -9.72. The van der Waals surface area contributed by atoms with Gasteiger partial charge in [-0.25, -0.2) is 0 Å². The van der Waals surface area contributed by atoms with Gasteiger partial charge in [0, 0.05) is 12.6 Å². The van der Waals surface area contributed by atoms with E-state index in [4.69, 9.17) is 0 Å². The Bertz CT molecular complexity index is 374. The summed E-state index contributed by atoms with van der Waals surface area (Å²) in [6.45, 7) is 2.32. The largest absolute Gasteiger partial charge is 1.00 e. The molecule has 0 bridgehead atoms. The van der Waals surface area contributed by atoms with E-state index in [9.17, 15) is 28.7 Å². The first-order chi connectivity index (χ1) is 10.6. The molecule has 0 aliphatic carbocycles. The predicted molar refractivity (Wildman–Crippen MR) is 83.5 cm³/mol. The third kappa shape index (κ3) is 35.0. The van der Waals surface area contributed by atoms with Crippen LogP contribution in [0.25, 0.3) is 0 Å². The Morgan fingerprint density at radius 1 is 0.593 bits per heavy atom. The fourth-order valence-corrected chi connectivity index (χ4v) is 4.12. The van der Waals surface area contributed by atoms with E-state index in [1.165, 1.54) is 38.5 Å². The van der Waals surface area contributed by atoms with Crippen molar-refractivity contribution >= 4 is 15.2 Å². The smallest absolute Gasteiger partial charge is 0.810 e. The summed E-state index contributed by atoms with van der Waals surface area (Å²) < 4.78 is 21.5. The van der Waals surface area contributed by atoms with Gasteiger partial charge in [0.1, 0.15) is 0 Å². The summed E-state index contributed by atoms with van der Waals surface area (Å²) in [5.41, 5.74) is 0. The van der Waals surface area contributed by atoms with Gasteiger partial charge in [0.25, 0.3) is 0 Å². The first kappa shape index (κ1) is 41.5. The van der Waals surface area contributed by atoms with E-state index in [-0.39, 0.29) is 125 Å². The molecule has 0 aromatic heterocycles. The molecule has 0 radical (unpaired) electrons. The van der Waals surface area contributed by atoms with Gasteiger partial charge in [0.15, 0.2) is 0 Å². The molecule has 7 nitrogen and oxygen atoms in total. The molecule has 0 amide bonds. The van der Waals surface area contributed by atoms with Gasteiger partial charge >= 0.3 is 118 Å². The molecular formula is C14H29NNa4O6P2. The van der Waals surface area contributed by atoms with Crippen LogP contribution in [0, 0.1) is 0 Å². The van der Waals surface area contributed by atoms with Crippen molar-refractivity contribution in [1.82, 2.24) is 4.90 Å². The molecule has 0 aromatic rings. The summed E-state index contributed by atoms with van der Waals surface area (Å²) in [6.07, 6.45) is 9.11. The zero-order valence-corrected chi connectivity index (χ0v) is 27.8. The molecule has 13 heteroatoms. The second-order valence-electron chi connectivity index (χ2n) is 6.08. The van der Waals surface area contributed by atoms with Crippen LogP contribution in [0.3, 0.4) is 0 Å². The minimum absolute atomic E-state index is 0. The molecule has 27 heavy (non-hydrogen) atoms. The standard InChI is InChI=1S/C14H33NO6P2.4Na/c1-2-3-4-5-6-7-8-9-10-11-12-15(13-22(16,17)18)14-23(19,20)21;;;;/h2-14H2,1H3,(H2,16,17,18)(H2,19,20,21);;;;/q;4*+1/p-4. The van der Waals surface area contributed by atoms with Gasteiger partial charge < -0.3 is 28.7 Å². The molecule has 0 saturated heterocycles. The average molecular weight is 461 g/mol. The molecule has 0 atom stereocenters. The van der Waals surface area contributed by atoms with Gasteiger partial charge in [0.05, 0.1) is 0 Å². The maximum absolute atomic E-state index is 10.7. The first-order valence-electron chi connectivity index (χ1n) is 8.38. The van der Waals surface area contributed by atoms with Crippen LogP contribution in [0.4, 0.5) is 0 Å². The third-order valence-corrected chi connectivity index (χ3v) is 5.07. The summed E-state index contributed by atoms with van der Waals surface area (Å²) in [5.74, 6) is 0. The molecule has 0 aromatic carbocycles. The van der Waals surface area contributed by atoms with E-state index in [0.717, 1.165) is 24.2 Å². The summed E-state index contributed by atoms with van der Waals surface area (Å²) in [6, 6.07) is 0. The van der Waals surface area contributed by atoms with Crippen LogP contribution < -0.4 is 138 Å². The third-order valence-electron chi connectivity index (χ3n) is 3.57. The molecule has 0 unspecified atom stereocenters. The van der Waals surface area contributed by atoms with Crippen LogP contribution in [0.15, 0.2) is 0 Å². The van der Waals surface area contributed by atoms with E-state index < -0.39 is 27.8 Å². The number of hydrogen-bond acceptors (Lipinski definition) is 7. The van der Waals surface area contributed by atoms with Gasteiger partial charge in [-0.2, -0.15) is 0 Å². The number of nitrogens with zero attached hydrogens (tertiary/aromatic N) is 1. The van der Waals surface area contributed by atoms with Crippen molar-refractivity contribution in [2.75, 3.05) is 19.1 Å². The van der Waals surface area contributed by atoms with Gasteiger partial charge in [-0.05, 0) is 13.0 Å². The van der Waals surface area contributed by atoms with Crippen LogP contribution >= 0.6 is 15.2 Å².